The molecule has 21 heavy (non-hydrogen) atoms. The molecule has 0 spiro atoms. The number of nitrogens with one attached hydrogen (secondary N) is 1. The maximum absolute atomic E-state index is 6.13. The summed E-state index contributed by atoms with van der Waals surface area (Å²) in [5, 5.41) is 5.17. The fourth-order valence-corrected chi connectivity index (χ4v) is 4.55. The monoisotopic (exact) mass is 317 g/mol. The lowest BCUT2D eigenvalue weighted by Gasteiger charge is -2.35. The van der Waals surface area contributed by atoms with Gasteiger partial charge in [0.25, 0.3) is 0 Å². The van der Waals surface area contributed by atoms with Gasteiger partial charge in [0.15, 0.2) is 0 Å². The van der Waals surface area contributed by atoms with Gasteiger partial charge in [-0.1, -0.05) is 41.9 Å². The van der Waals surface area contributed by atoms with Crippen molar-refractivity contribution in [2.45, 2.75) is 42.0 Å². The van der Waals surface area contributed by atoms with Crippen LogP contribution in [0, 0.1) is 0 Å². The van der Waals surface area contributed by atoms with E-state index in [2.05, 4.69) is 54.7 Å². The van der Waals surface area contributed by atoms with Crippen molar-refractivity contribution in [1.29, 1.82) is 0 Å². The van der Waals surface area contributed by atoms with Crippen molar-refractivity contribution in [3.8, 4) is 0 Å². The van der Waals surface area contributed by atoms with Crippen LogP contribution in [0.3, 0.4) is 0 Å². The number of thioether (sulfide) groups is 1. The molecule has 1 heterocycles. The molecule has 0 saturated carbocycles. The van der Waals surface area contributed by atoms with E-state index in [-0.39, 0.29) is 0 Å². The molecule has 0 amide bonds. The number of hydrogen-bond donors (Lipinski definition) is 1. The Morgan fingerprint density at radius 2 is 1.86 bits per heavy atom. The van der Waals surface area contributed by atoms with Gasteiger partial charge in [0.05, 0.1) is 0 Å². The Kier molecular flexibility index (Phi) is 4.89. The van der Waals surface area contributed by atoms with Crippen LogP contribution in [-0.2, 0) is 0 Å². The SMILES string of the molecule is CC1CC(Sc2ccccc2)CC(c2cccc(Cl)c2)N1. The molecule has 3 rings (SSSR count). The zero-order valence-electron chi connectivity index (χ0n) is 12.1. The predicted octanol–water partition coefficient (Wildman–Crippen LogP) is 5.31. The van der Waals surface area contributed by atoms with Gasteiger partial charge < -0.3 is 5.32 Å². The van der Waals surface area contributed by atoms with E-state index < -0.39 is 0 Å². The van der Waals surface area contributed by atoms with Gasteiger partial charge in [0.1, 0.15) is 0 Å². The lowest BCUT2D eigenvalue weighted by molar-refractivity contribution is 0.349. The Balaban J connectivity index is 1.72. The first-order valence-corrected chi connectivity index (χ1v) is 8.69. The molecule has 0 bridgehead atoms. The summed E-state index contributed by atoms with van der Waals surface area (Å²) in [4.78, 5) is 1.36. The zero-order chi connectivity index (χ0) is 14.7. The van der Waals surface area contributed by atoms with E-state index in [9.17, 15) is 0 Å². The van der Waals surface area contributed by atoms with Gasteiger partial charge >= 0.3 is 0 Å². The predicted molar refractivity (Wildman–Crippen MR) is 92.1 cm³/mol. The molecule has 0 aromatic heterocycles. The van der Waals surface area contributed by atoms with E-state index >= 15 is 0 Å². The van der Waals surface area contributed by atoms with Crippen LogP contribution in [0.15, 0.2) is 59.5 Å². The van der Waals surface area contributed by atoms with E-state index in [1.54, 1.807) is 0 Å². The normalized spacial score (nSPS) is 25.7. The molecular weight excluding hydrogens is 298 g/mol. The number of halogens is 1. The molecule has 110 valence electrons. The standard InChI is InChI=1S/C18H20ClNS/c1-13-10-17(21-16-8-3-2-4-9-16)12-18(20-13)14-6-5-7-15(19)11-14/h2-9,11,13,17-18,20H,10,12H2,1H3. The highest BCUT2D eigenvalue weighted by Gasteiger charge is 2.27. The smallest absolute Gasteiger partial charge is 0.0409 e. The van der Waals surface area contributed by atoms with Crippen LogP contribution < -0.4 is 5.32 Å². The van der Waals surface area contributed by atoms with E-state index in [0.717, 1.165) is 11.4 Å². The van der Waals surface area contributed by atoms with Gasteiger partial charge in [-0.3, -0.25) is 0 Å². The highest BCUT2D eigenvalue weighted by atomic mass is 35.5. The summed E-state index contributed by atoms with van der Waals surface area (Å²) >= 11 is 8.13. The largest absolute Gasteiger partial charge is 0.307 e. The van der Waals surface area contributed by atoms with Crippen LogP contribution in [0.5, 0.6) is 0 Å². The fourth-order valence-electron chi connectivity index (χ4n) is 2.98. The van der Waals surface area contributed by atoms with Crippen LogP contribution in [0.2, 0.25) is 5.02 Å². The second-order valence-corrected chi connectivity index (χ2v) is 7.51. The van der Waals surface area contributed by atoms with Crippen molar-refractivity contribution >= 4 is 23.4 Å². The number of rotatable bonds is 3. The lowest BCUT2D eigenvalue weighted by atomic mass is 9.94. The number of benzene rings is 2. The van der Waals surface area contributed by atoms with Crippen LogP contribution in [0.1, 0.15) is 31.4 Å². The average molecular weight is 318 g/mol. The minimum Gasteiger partial charge on any atom is -0.307 e. The molecule has 3 heteroatoms. The summed E-state index contributed by atoms with van der Waals surface area (Å²) < 4.78 is 0. The lowest BCUT2D eigenvalue weighted by Crippen LogP contribution is -2.39. The van der Waals surface area contributed by atoms with E-state index in [0.29, 0.717) is 17.3 Å². The molecule has 1 N–H and O–H groups in total. The molecule has 1 aliphatic heterocycles. The van der Waals surface area contributed by atoms with Crippen molar-refractivity contribution in [1.82, 2.24) is 5.32 Å². The van der Waals surface area contributed by atoms with Crippen LogP contribution in [-0.4, -0.2) is 11.3 Å². The maximum Gasteiger partial charge on any atom is 0.0409 e. The molecule has 0 radical (unpaired) electrons. The maximum atomic E-state index is 6.13. The first-order chi connectivity index (χ1) is 10.2. The van der Waals surface area contributed by atoms with Gasteiger partial charge in [-0.2, -0.15) is 0 Å². The Bertz CT molecular complexity index is 587. The van der Waals surface area contributed by atoms with Gasteiger partial charge in [0.2, 0.25) is 0 Å². The molecule has 3 atom stereocenters. The third kappa shape index (κ3) is 4.03. The molecule has 1 nitrogen and oxygen atoms in total. The molecular formula is C18H20ClNS. The van der Waals surface area contributed by atoms with Gasteiger partial charge in [0, 0.05) is 27.3 Å². The zero-order valence-corrected chi connectivity index (χ0v) is 13.7. The van der Waals surface area contributed by atoms with Crippen molar-refractivity contribution in [3.63, 3.8) is 0 Å². The second-order valence-electron chi connectivity index (χ2n) is 5.70. The summed E-state index contributed by atoms with van der Waals surface area (Å²) in [5.74, 6) is 0. The van der Waals surface area contributed by atoms with Gasteiger partial charge in [-0.25, -0.2) is 0 Å². The second kappa shape index (κ2) is 6.87. The first-order valence-electron chi connectivity index (χ1n) is 7.44. The summed E-state index contributed by atoms with van der Waals surface area (Å²) in [6.07, 6.45) is 2.35. The molecule has 1 saturated heterocycles. The third-order valence-corrected chi connectivity index (χ3v) is 5.40. The van der Waals surface area contributed by atoms with Crippen LogP contribution in [0.4, 0.5) is 0 Å². The van der Waals surface area contributed by atoms with Gasteiger partial charge in [-0.15, -0.1) is 11.8 Å². The van der Waals surface area contributed by atoms with Gasteiger partial charge in [-0.05, 0) is 49.6 Å². The number of hydrogen-bond acceptors (Lipinski definition) is 2. The van der Waals surface area contributed by atoms with Crippen molar-refractivity contribution in [2.24, 2.45) is 0 Å². The van der Waals surface area contributed by atoms with Crippen molar-refractivity contribution < 1.29 is 0 Å². The fraction of sp³-hybridized carbons (Fsp3) is 0.333. The molecule has 1 fully saturated rings. The topological polar surface area (TPSA) is 12.0 Å². The minimum absolute atomic E-state index is 0.397. The van der Waals surface area contributed by atoms with E-state index in [1.807, 2.05) is 23.9 Å². The van der Waals surface area contributed by atoms with E-state index in [4.69, 9.17) is 11.6 Å². The molecule has 2 aromatic rings. The van der Waals surface area contributed by atoms with Crippen molar-refractivity contribution in [3.05, 3.63) is 65.2 Å². The third-order valence-electron chi connectivity index (χ3n) is 3.90. The summed E-state index contributed by atoms with van der Waals surface area (Å²) in [5.41, 5.74) is 1.30. The van der Waals surface area contributed by atoms with Crippen LogP contribution in [0.25, 0.3) is 0 Å². The van der Waals surface area contributed by atoms with E-state index in [1.165, 1.54) is 16.9 Å². The summed E-state index contributed by atoms with van der Waals surface area (Å²) in [6.45, 7) is 2.27. The highest BCUT2D eigenvalue weighted by Crippen LogP contribution is 2.36. The Morgan fingerprint density at radius 1 is 1.05 bits per heavy atom. The van der Waals surface area contributed by atoms with Crippen LogP contribution >= 0.6 is 23.4 Å². The first kappa shape index (κ1) is 15.0. The molecule has 1 aliphatic rings. The summed E-state index contributed by atoms with van der Waals surface area (Å²) in [6, 6.07) is 19.9. The number of piperidine rings is 1. The average Bonchev–Trinajstić information content (AvgIpc) is 2.48. The quantitative estimate of drug-likeness (QED) is 0.823. The molecule has 0 aliphatic carbocycles. The molecule has 3 unspecified atom stereocenters. The van der Waals surface area contributed by atoms with Crippen molar-refractivity contribution in [2.75, 3.05) is 0 Å². The highest BCUT2D eigenvalue weighted by molar-refractivity contribution is 8.00. The minimum atomic E-state index is 0.397. The Hall–Kier alpha value is -0.960. The molecule has 2 aromatic carbocycles. The Morgan fingerprint density at radius 3 is 2.62 bits per heavy atom. The Labute approximate surface area is 136 Å². The summed E-state index contributed by atoms with van der Waals surface area (Å²) in [7, 11) is 0.